The number of rotatable bonds is 1. The monoisotopic (exact) mass is 237 g/mol. The highest BCUT2D eigenvalue weighted by Crippen LogP contribution is 2.01. The summed E-state index contributed by atoms with van der Waals surface area (Å²) < 4.78 is 0. The van der Waals surface area contributed by atoms with E-state index in [-0.39, 0.29) is 11.1 Å². The minimum absolute atomic E-state index is 0.182. The number of thioether (sulfide) groups is 1. The van der Waals surface area contributed by atoms with Gasteiger partial charge < -0.3 is 11.1 Å². The number of nitrogens with two attached hydrogens (primary N) is 1. The smallest absolute Gasteiger partial charge is 0.340 e. The van der Waals surface area contributed by atoms with Gasteiger partial charge in [-0.1, -0.05) is 30.0 Å². The van der Waals surface area contributed by atoms with Gasteiger partial charge in [0.25, 0.3) is 5.91 Å². The Balaban J connectivity index is 2.74. The van der Waals surface area contributed by atoms with Crippen molar-refractivity contribution in [2.45, 2.75) is 0 Å². The molecule has 0 saturated carbocycles. The summed E-state index contributed by atoms with van der Waals surface area (Å²) in [4.78, 5) is 25.6. The van der Waals surface area contributed by atoms with E-state index in [1.807, 2.05) is 6.07 Å². The van der Waals surface area contributed by atoms with Crippen LogP contribution in [0.1, 0.15) is 10.4 Å². The quantitative estimate of drug-likeness (QED) is 0.568. The SMILES string of the molecule is CSC(=NC(N)=O)NC(=O)c1ccccc1. The fraction of sp³-hybridized carbons (Fsp3) is 0.100. The first-order chi connectivity index (χ1) is 7.63. The van der Waals surface area contributed by atoms with Crippen LogP contribution in [0.2, 0.25) is 0 Å². The lowest BCUT2D eigenvalue weighted by atomic mass is 10.2. The first kappa shape index (κ1) is 12.3. The molecule has 1 aromatic rings. The highest BCUT2D eigenvalue weighted by Gasteiger charge is 2.07. The molecule has 0 radical (unpaired) electrons. The molecule has 0 atom stereocenters. The van der Waals surface area contributed by atoms with Gasteiger partial charge in [0.15, 0.2) is 5.17 Å². The zero-order valence-electron chi connectivity index (χ0n) is 8.64. The number of hydrogen-bond donors (Lipinski definition) is 2. The third kappa shape index (κ3) is 3.74. The standard InChI is InChI=1S/C10H11N3O2S/c1-16-10(13-9(11)15)12-8(14)7-5-3-2-4-6-7/h2-6H,1H3,(H3,11,12,13,14,15). The second-order valence-electron chi connectivity index (χ2n) is 2.78. The largest absolute Gasteiger partial charge is 0.350 e. The van der Waals surface area contributed by atoms with Crippen LogP contribution in [0.3, 0.4) is 0 Å². The molecule has 5 nitrogen and oxygen atoms in total. The molecule has 0 aromatic heterocycles. The zero-order chi connectivity index (χ0) is 12.0. The van der Waals surface area contributed by atoms with Gasteiger partial charge in [-0.25, -0.2) is 4.79 Å². The number of benzene rings is 1. The Morgan fingerprint density at radius 1 is 1.31 bits per heavy atom. The van der Waals surface area contributed by atoms with Gasteiger partial charge in [0.05, 0.1) is 0 Å². The predicted octanol–water partition coefficient (Wildman–Crippen LogP) is 1.21. The molecule has 0 aliphatic heterocycles. The Morgan fingerprint density at radius 2 is 1.94 bits per heavy atom. The first-order valence-electron chi connectivity index (χ1n) is 4.42. The molecule has 3 amide bonds. The molecule has 0 aliphatic carbocycles. The van der Waals surface area contributed by atoms with E-state index in [9.17, 15) is 9.59 Å². The minimum atomic E-state index is -0.835. The van der Waals surface area contributed by atoms with Crippen LogP contribution in [0.25, 0.3) is 0 Å². The van der Waals surface area contributed by atoms with Crippen LogP contribution >= 0.6 is 11.8 Å². The molecular formula is C10H11N3O2S. The van der Waals surface area contributed by atoms with Gasteiger partial charge >= 0.3 is 6.03 Å². The Morgan fingerprint density at radius 3 is 2.44 bits per heavy atom. The normalized spacial score (nSPS) is 10.9. The average molecular weight is 237 g/mol. The summed E-state index contributed by atoms with van der Waals surface area (Å²) in [6.45, 7) is 0. The Bertz CT molecular complexity index is 417. The maximum atomic E-state index is 11.6. The molecular weight excluding hydrogens is 226 g/mol. The Labute approximate surface area is 97.1 Å². The molecule has 16 heavy (non-hydrogen) atoms. The van der Waals surface area contributed by atoms with Crippen LogP contribution in [0.5, 0.6) is 0 Å². The van der Waals surface area contributed by atoms with Crippen molar-refractivity contribution in [3.05, 3.63) is 35.9 Å². The highest BCUT2D eigenvalue weighted by molar-refractivity contribution is 8.13. The first-order valence-corrected chi connectivity index (χ1v) is 5.64. The van der Waals surface area contributed by atoms with E-state index < -0.39 is 6.03 Å². The summed E-state index contributed by atoms with van der Waals surface area (Å²) >= 11 is 1.14. The average Bonchev–Trinajstić information content (AvgIpc) is 2.28. The van der Waals surface area contributed by atoms with Crippen molar-refractivity contribution < 1.29 is 9.59 Å². The van der Waals surface area contributed by atoms with Gasteiger partial charge in [-0.05, 0) is 18.4 Å². The van der Waals surface area contributed by atoms with Gasteiger partial charge in [-0.3, -0.25) is 4.79 Å². The number of amidine groups is 1. The van der Waals surface area contributed by atoms with E-state index in [1.165, 1.54) is 0 Å². The van der Waals surface area contributed by atoms with Gasteiger partial charge in [0.1, 0.15) is 0 Å². The number of primary amides is 1. The van der Waals surface area contributed by atoms with E-state index in [2.05, 4.69) is 10.3 Å². The maximum absolute atomic E-state index is 11.6. The second-order valence-corrected chi connectivity index (χ2v) is 3.57. The number of urea groups is 1. The molecule has 1 aromatic carbocycles. The van der Waals surface area contributed by atoms with Gasteiger partial charge in [0.2, 0.25) is 0 Å². The number of aliphatic imine (C=N–C) groups is 1. The zero-order valence-corrected chi connectivity index (χ0v) is 9.45. The van der Waals surface area contributed by atoms with Crippen molar-refractivity contribution in [1.29, 1.82) is 0 Å². The molecule has 0 spiro atoms. The molecule has 0 saturated heterocycles. The molecule has 84 valence electrons. The van der Waals surface area contributed by atoms with Crippen LogP contribution in [0.4, 0.5) is 4.79 Å². The molecule has 1 rings (SSSR count). The molecule has 0 bridgehead atoms. The lowest BCUT2D eigenvalue weighted by Gasteiger charge is -2.04. The number of nitrogens with zero attached hydrogens (tertiary/aromatic N) is 1. The number of amides is 3. The highest BCUT2D eigenvalue weighted by atomic mass is 32.2. The number of carbonyl (C=O) groups is 2. The van der Waals surface area contributed by atoms with Crippen LogP contribution in [0.15, 0.2) is 35.3 Å². The van der Waals surface area contributed by atoms with Crippen LogP contribution < -0.4 is 11.1 Å². The van der Waals surface area contributed by atoms with Crippen molar-refractivity contribution in [2.24, 2.45) is 10.7 Å². The second kappa shape index (κ2) is 5.92. The summed E-state index contributed by atoms with van der Waals surface area (Å²) in [7, 11) is 0. The predicted molar refractivity (Wildman–Crippen MR) is 64.4 cm³/mol. The number of carbonyl (C=O) groups excluding carboxylic acids is 2. The summed E-state index contributed by atoms with van der Waals surface area (Å²) in [5, 5.41) is 2.67. The fourth-order valence-electron chi connectivity index (χ4n) is 0.984. The molecule has 0 unspecified atom stereocenters. The third-order valence-electron chi connectivity index (χ3n) is 1.66. The molecule has 0 fully saturated rings. The van der Waals surface area contributed by atoms with Crippen LogP contribution in [-0.2, 0) is 0 Å². The topological polar surface area (TPSA) is 84.5 Å². The van der Waals surface area contributed by atoms with Crippen LogP contribution in [-0.4, -0.2) is 23.4 Å². The molecule has 0 heterocycles. The maximum Gasteiger partial charge on any atom is 0.340 e. The summed E-state index contributed by atoms with van der Waals surface area (Å²) in [6, 6.07) is 7.80. The van der Waals surface area contributed by atoms with E-state index in [0.29, 0.717) is 5.56 Å². The Kier molecular flexibility index (Phi) is 4.53. The Hall–Kier alpha value is -1.82. The van der Waals surface area contributed by atoms with Gasteiger partial charge in [-0.15, -0.1) is 0 Å². The fourth-order valence-corrected chi connectivity index (χ4v) is 1.36. The van der Waals surface area contributed by atoms with E-state index in [4.69, 9.17) is 5.73 Å². The molecule has 0 aliphatic rings. The van der Waals surface area contributed by atoms with Gasteiger partial charge in [-0.2, -0.15) is 4.99 Å². The van der Waals surface area contributed by atoms with E-state index in [1.54, 1.807) is 30.5 Å². The number of nitrogens with one attached hydrogen (secondary N) is 1. The van der Waals surface area contributed by atoms with Gasteiger partial charge in [0, 0.05) is 5.56 Å². The van der Waals surface area contributed by atoms with E-state index >= 15 is 0 Å². The van der Waals surface area contributed by atoms with E-state index in [0.717, 1.165) is 11.8 Å². The van der Waals surface area contributed by atoms with Crippen molar-refractivity contribution in [2.75, 3.05) is 6.26 Å². The van der Waals surface area contributed by atoms with Crippen molar-refractivity contribution in [1.82, 2.24) is 5.32 Å². The lowest BCUT2D eigenvalue weighted by molar-refractivity contribution is 0.0978. The third-order valence-corrected chi connectivity index (χ3v) is 2.24. The molecule has 3 N–H and O–H groups in total. The van der Waals surface area contributed by atoms with Crippen LogP contribution in [0, 0.1) is 0 Å². The van der Waals surface area contributed by atoms with Crippen molar-refractivity contribution in [3.63, 3.8) is 0 Å². The lowest BCUT2D eigenvalue weighted by Crippen LogP contribution is -2.29. The summed E-state index contributed by atoms with van der Waals surface area (Å²) in [5.74, 6) is -0.324. The van der Waals surface area contributed by atoms with Crippen molar-refractivity contribution >= 4 is 28.9 Å². The summed E-state index contributed by atoms with van der Waals surface area (Å²) in [5.41, 5.74) is 5.39. The van der Waals surface area contributed by atoms with Crippen molar-refractivity contribution in [3.8, 4) is 0 Å². The molecule has 6 heteroatoms. The minimum Gasteiger partial charge on any atom is -0.350 e. The number of hydrogen-bond acceptors (Lipinski definition) is 3. The summed E-state index contributed by atoms with van der Waals surface area (Å²) in [6.07, 6.45) is 1.69.